The number of nitrogens with zero attached hydrogens (tertiary/aromatic N) is 3. The topological polar surface area (TPSA) is 71.3 Å². The lowest BCUT2D eigenvalue weighted by atomic mass is 10.2. The van der Waals surface area contributed by atoms with Crippen LogP contribution < -0.4 is 5.32 Å². The van der Waals surface area contributed by atoms with E-state index in [9.17, 15) is 4.79 Å². The normalized spacial score (nSPS) is 16.4. The summed E-state index contributed by atoms with van der Waals surface area (Å²) in [5.41, 5.74) is 1.18. The van der Waals surface area contributed by atoms with Gasteiger partial charge in [0.2, 0.25) is 5.89 Å². The molecule has 0 aromatic carbocycles. The fourth-order valence-electron chi connectivity index (χ4n) is 2.98. The van der Waals surface area contributed by atoms with Crippen molar-refractivity contribution in [2.24, 2.45) is 0 Å². The van der Waals surface area contributed by atoms with Crippen molar-refractivity contribution >= 4 is 17.4 Å². The Morgan fingerprint density at radius 1 is 1.52 bits per heavy atom. The summed E-state index contributed by atoms with van der Waals surface area (Å²) in [4.78, 5) is 18.9. The molecule has 1 aliphatic carbocycles. The molecule has 1 atom stereocenters. The molecule has 1 fully saturated rings. The number of hydrogen-bond acceptors (Lipinski definition) is 5. The summed E-state index contributed by atoms with van der Waals surface area (Å²) in [6, 6.07) is 2.03. The Kier molecular flexibility index (Phi) is 4.95. The Hall–Kier alpha value is -1.89. The predicted octanol–water partition coefficient (Wildman–Crippen LogP) is 3.65. The number of carbonyl (C=O) groups is 1. The van der Waals surface area contributed by atoms with E-state index < -0.39 is 0 Å². The molecule has 2 heterocycles. The van der Waals surface area contributed by atoms with Crippen molar-refractivity contribution in [1.82, 2.24) is 20.4 Å². The van der Waals surface area contributed by atoms with Crippen LogP contribution in [-0.4, -0.2) is 27.1 Å². The summed E-state index contributed by atoms with van der Waals surface area (Å²) in [6.45, 7) is 4.28. The molecule has 0 aliphatic heterocycles. The molecule has 0 spiro atoms. The summed E-state index contributed by atoms with van der Waals surface area (Å²) in [5.74, 6) is 1.02. The number of nitrogens with one attached hydrogen (secondary N) is 1. The summed E-state index contributed by atoms with van der Waals surface area (Å²) in [5, 5.41) is 10.9. The molecule has 1 N–H and O–H groups in total. The van der Waals surface area contributed by atoms with E-state index in [0.29, 0.717) is 24.3 Å². The minimum Gasteiger partial charge on any atom is -0.337 e. The fraction of sp³-hybridized carbons (Fsp3) is 0.562. The molecule has 0 saturated heterocycles. The van der Waals surface area contributed by atoms with Gasteiger partial charge in [0.05, 0.1) is 0 Å². The maximum absolute atomic E-state index is 12.8. The molecule has 6 nitrogen and oxygen atoms in total. The number of aromatic nitrogens is 2. The Labute approximate surface area is 139 Å². The van der Waals surface area contributed by atoms with Gasteiger partial charge in [-0.25, -0.2) is 4.79 Å². The monoisotopic (exact) mass is 334 g/mol. The van der Waals surface area contributed by atoms with Crippen LogP contribution in [0, 0.1) is 6.92 Å². The minimum absolute atomic E-state index is 0.0635. The molecule has 2 aromatic heterocycles. The van der Waals surface area contributed by atoms with Gasteiger partial charge in [0.15, 0.2) is 5.82 Å². The minimum atomic E-state index is -0.296. The van der Waals surface area contributed by atoms with E-state index in [-0.39, 0.29) is 12.1 Å². The van der Waals surface area contributed by atoms with Crippen molar-refractivity contribution in [2.75, 3.05) is 0 Å². The highest BCUT2D eigenvalue weighted by Gasteiger charge is 2.28. The van der Waals surface area contributed by atoms with Crippen LogP contribution in [0.25, 0.3) is 0 Å². The second-order valence-corrected chi connectivity index (χ2v) is 6.83. The van der Waals surface area contributed by atoms with Crippen molar-refractivity contribution in [2.45, 2.75) is 58.2 Å². The summed E-state index contributed by atoms with van der Waals surface area (Å²) in [7, 11) is 0. The van der Waals surface area contributed by atoms with Crippen molar-refractivity contribution in [3.63, 3.8) is 0 Å². The van der Waals surface area contributed by atoms with Gasteiger partial charge in [-0.15, -0.1) is 0 Å². The molecule has 23 heavy (non-hydrogen) atoms. The maximum Gasteiger partial charge on any atom is 0.318 e. The predicted molar refractivity (Wildman–Crippen MR) is 88.1 cm³/mol. The number of carbonyl (C=O) groups excluding carboxylic acids is 1. The third-order valence-corrected chi connectivity index (χ3v) is 4.95. The molecule has 0 bridgehead atoms. The number of urea groups is 1. The van der Waals surface area contributed by atoms with Gasteiger partial charge in [0, 0.05) is 12.6 Å². The smallest absolute Gasteiger partial charge is 0.318 e. The van der Waals surface area contributed by atoms with Crippen molar-refractivity contribution in [3.8, 4) is 0 Å². The lowest BCUT2D eigenvalue weighted by molar-refractivity contribution is 0.166. The van der Waals surface area contributed by atoms with Crippen molar-refractivity contribution in [1.29, 1.82) is 0 Å². The molecule has 2 aromatic rings. The first kappa shape index (κ1) is 16.0. The SMILES string of the molecule is Cc1noc([C@H](C)NC(=O)N(Cc2ccsc2)C2CCCC2)n1. The average Bonchev–Trinajstić information content (AvgIpc) is 3.27. The van der Waals surface area contributed by atoms with Crippen LogP contribution in [0.4, 0.5) is 4.79 Å². The number of hydrogen-bond donors (Lipinski definition) is 1. The van der Waals surface area contributed by atoms with Gasteiger partial charge in [0.25, 0.3) is 0 Å². The van der Waals surface area contributed by atoms with E-state index in [2.05, 4.69) is 26.9 Å². The number of thiophene rings is 1. The van der Waals surface area contributed by atoms with Gasteiger partial charge < -0.3 is 14.7 Å². The highest BCUT2D eigenvalue weighted by molar-refractivity contribution is 7.07. The summed E-state index contributed by atoms with van der Waals surface area (Å²) >= 11 is 1.66. The standard InChI is InChI=1S/C16H22N4O2S/c1-11(15-18-12(2)19-22-15)17-16(21)20(14-5-3-4-6-14)9-13-7-8-23-10-13/h7-8,10-11,14H,3-6,9H2,1-2H3,(H,17,21)/t11-/m0/s1. The quantitative estimate of drug-likeness (QED) is 0.906. The molecule has 1 aliphatic rings. The van der Waals surface area contributed by atoms with Gasteiger partial charge >= 0.3 is 6.03 Å². The van der Waals surface area contributed by atoms with Crippen LogP contribution in [0.5, 0.6) is 0 Å². The molecule has 124 valence electrons. The molecule has 3 rings (SSSR count). The van der Waals surface area contributed by atoms with Crippen molar-refractivity contribution in [3.05, 3.63) is 34.1 Å². The van der Waals surface area contributed by atoms with Gasteiger partial charge in [-0.2, -0.15) is 16.3 Å². The Balaban J connectivity index is 1.69. The number of rotatable bonds is 5. The van der Waals surface area contributed by atoms with E-state index >= 15 is 0 Å². The van der Waals surface area contributed by atoms with E-state index in [1.165, 1.54) is 18.4 Å². The zero-order chi connectivity index (χ0) is 16.2. The molecule has 0 unspecified atom stereocenters. The van der Waals surface area contributed by atoms with Gasteiger partial charge in [-0.1, -0.05) is 18.0 Å². The van der Waals surface area contributed by atoms with Crippen LogP contribution >= 0.6 is 11.3 Å². The van der Waals surface area contributed by atoms with Crippen LogP contribution in [0.3, 0.4) is 0 Å². The molecule has 0 radical (unpaired) electrons. The van der Waals surface area contributed by atoms with E-state index in [1.54, 1.807) is 18.3 Å². The first-order chi connectivity index (χ1) is 11.1. The third kappa shape index (κ3) is 3.90. The van der Waals surface area contributed by atoms with Crippen LogP contribution in [0.15, 0.2) is 21.3 Å². The first-order valence-corrected chi connectivity index (χ1v) is 8.96. The van der Waals surface area contributed by atoms with Gasteiger partial charge in [-0.05, 0) is 49.1 Å². The van der Waals surface area contributed by atoms with E-state index in [4.69, 9.17) is 4.52 Å². The molecule has 7 heteroatoms. The van der Waals surface area contributed by atoms with E-state index in [0.717, 1.165) is 12.8 Å². The largest absolute Gasteiger partial charge is 0.337 e. The lowest BCUT2D eigenvalue weighted by Crippen LogP contribution is -2.45. The summed E-state index contributed by atoms with van der Waals surface area (Å²) in [6.07, 6.45) is 4.53. The lowest BCUT2D eigenvalue weighted by Gasteiger charge is -2.29. The van der Waals surface area contributed by atoms with Crippen LogP contribution in [0.2, 0.25) is 0 Å². The molecule has 2 amide bonds. The fourth-order valence-corrected chi connectivity index (χ4v) is 3.64. The Morgan fingerprint density at radius 3 is 2.91 bits per heavy atom. The van der Waals surface area contributed by atoms with Crippen LogP contribution in [0.1, 0.15) is 55.9 Å². The highest BCUT2D eigenvalue weighted by Crippen LogP contribution is 2.26. The maximum atomic E-state index is 12.8. The Morgan fingerprint density at radius 2 is 2.30 bits per heavy atom. The van der Waals surface area contributed by atoms with Crippen LogP contribution in [-0.2, 0) is 6.54 Å². The highest BCUT2D eigenvalue weighted by atomic mass is 32.1. The molecule has 1 saturated carbocycles. The third-order valence-electron chi connectivity index (χ3n) is 4.21. The molecular weight excluding hydrogens is 312 g/mol. The van der Waals surface area contributed by atoms with Crippen molar-refractivity contribution < 1.29 is 9.32 Å². The number of aryl methyl sites for hydroxylation is 1. The van der Waals surface area contributed by atoms with Gasteiger partial charge in [0.1, 0.15) is 6.04 Å². The zero-order valence-corrected chi connectivity index (χ0v) is 14.3. The first-order valence-electron chi connectivity index (χ1n) is 8.02. The zero-order valence-electron chi connectivity index (χ0n) is 13.5. The molecular formula is C16H22N4O2S. The van der Waals surface area contributed by atoms with Gasteiger partial charge in [-0.3, -0.25) is 0 Å². The average molecular weight is 334 g/mol. The summed E-state index contributed by atoms with van der Waals surface area (Å²) < 4.78 is 5.15. The Bertz CT molecular complexity index is 634. The second kappa shape index (κ2) is 7.12. The van der Waals surface area contributed by atoms with E-state index in [1.807, 2.05) is 17.2 Å². The second-order valence-electron chi connectivity index (χ2n) is 6.05. The number of amides is 2.